The molecule has 0 aromatic carbocycles. The minimum Gasteiger partial charge on any atom is -0.511 e. The predicted octanol–water partition coefficient (Wildman–Crippen LogP) is 2.86. The van der Waals surface area contributed by atoms with Gasteiger partial charge >= 0.3 is 5.97 Å². The first-order chi connectivity index (χ1) is 10.3. The van der Waals surface area contributed by atoms with Crippen molar-refractivity contribution in [2.45, 2.75) is 40.0 Å². The molecule has 0 fully saturated rings. The van der Waals surface area contributed by atoms with Crippen LogP contribution in [0, 0.1) is 11.3 Å². The average Bonchev–Trinajstić information content (AvgIpc) is 2.36. The summed E-state index contributed by atoms with van der Waals surface area (Å²) in [6.07, 6.45) is 2.71. The summed E-state index contributed by atoms with van der Waals surface area (Å²) in [5.74, 6) is -3.14. The maximum atomic E-state index is 12.6. The number of carbonyl (C=O) groups excluding carboxylic acids is 1. The summed E-state index contributed by atoms with van der Waals surface area (Å²) in [5.41, 5.74) is -0.582. The number of carboxylic acids is 1. The van der Waals surface area contributed by atoms with Crippen LogP contribution in [0.5, 0.6) is 0 Å². The third kappa shape index (κ3) is 3.75. The molecule has 0 aromatic rings. The van der Waals surface area contributed by atoms with Crippen LogP contribution in [-0.4, -0.2) is 34.3 Å². The van der Waals surface area contributed by atoms with Crippen molar-refractivity contribution in [3.8, 4) is 0 Å². The van der Waals surface area contributed by atoms with Gasteiger partial charge in [0.2, 0.25) is 0 Å². The molecule has 0 amide bonds. The Bertz CT molecular complexity index is 531. The van der Waals surface area contributed by atoms with E-state index in [1.165, 1.54) is 6.08 Å². The molecule has 122 valence electrons. The topological polar surface area (TPSA) is 96.2 Å². The first-order valence-electron chi connectivity index (χ1n) is 7.25. The molecule has 6 heteroatoms. The van der Waals surface area contributed by atoms with Gasteiger partial charge in [0.1, 0.15) is 18.3 Å². The Morgan fingerprint density at radius 1 is 1.55 bits per heavy atom. The molecule has 0 saturated carbocycles. The Labute approximate surface area is 130 Å². The number of aliphatic hydroxyl groups is 1. The summed E-state index contributed by atoms with van der Waals surface area (Å²) >= 11 is 0. The molecular weight excluding hydrogens is 286 g/mol. The number of nitrogens with zero attached hydrogens (tertiary/aromatic N) is 1. The van der Waals surface area contributed by atoms with Gasteiger partial charge in [0, 0.05) is 6.42 Å². The fourth-order valence-electron chi connectivity index (χ4n) is 2.64. The Morgan fingerprint density at radius 3 is 2.68 bits per heavy atom. The van der Waals surface area contributed by atoms with Crippen LogP contribution >= 0.6 is 0 Å². The molecule has 0 aromatic heterocycles. The Morgan fingerprint density at radius 2 is 2.18 bits per heavy atom. The zero-order valence-corrected chi connectivity index (χ0v) is 13.3. The number of oxime groups is 1. The van der Waals surface area contributed by atoms with Crippen molar-refractivity contribution in [3.63, 3.8) is 0 Å². The van der Waals surface area contributed by atoms with Crippen LogP contribution in [0.15, 0.2) is 29.1 Å². The van der Waals surface area contributed by atoms with E-state index in [2.05, 4.69) is 11.7 Å². The van der Waals surface area contributed by atoms with Gasteiger partial charge in [0.25, 0.3) is 0 Å². The second-order valence-corrected chi connectivity index (χ2v) is 5.99. The number of rotatable bonds is 7. The average molecular weight is 309 g/mol. The Balaban J connectivity index is 3.28. The first kappa shape index (κ1) is 17.9. The first-order valence-corrected chi connectivity index (χ1v) is 7.25. The minimum absolute atomic E-state index is 0.0161. The number of hydrogen-bond donors (Lipinski definition) is 2. The summed E-state index contributed by atoms with van der Waals surface area (Å²) in [4.78, 5) is 29.1. The molecule has 1 aliphatic carbocycles. The van der Waals surface area contributed by atoms with Crippen LogP contribution in [0.25, 0.3) is 0 Å². The highest BCUT2D eigenvalue weighted by molar-refractivity contribution is 6.27. The summed E-state index contributed by atoms with van der Waals surface area (Å²) in [7, 11) is 0. The van der Waals surface area contributed by atoms with E-state index in [-0.39, 0.29) is 30.1 Å². The fraction of sp³-hybridized carbons (Fsp3) is 0.562. The molecule has 0 aliphatic heterocycles. The van der Waals surface area contributed by atoms with Crippen LogP contribution in [-0.2, 0) is 14.4 Å². The fourth-order valence-corrected chi connectivity index (χ4v) is 2.64. The number of ketones is 1. The van der Waals surface area contributed by atoms with Crippen LogP contribution in [0.4, 0.5) is 0 Å². The molecule has 0 spiro atoms. The van der Waals surface area contributed by atoms with Crippen LogP contribution in [0.3, 0.4) is 0 Å². The zero-order chi connectivity index (χ0) is 16.9. The van der Waals surface area contributed by atoms with Crippen molar-refractivity contribution < 1.29 is 24.6 Å². The smallest absolute Gasteiger partial charge is 0.314 e. The summed E-state index contributed by atoms with van der Waals surface area (Å²) < 4.78 is 0. The molecule has 6 nitrogen and oxygen atoms in total. The van der Waals surface area contributed by atoms with Gasteiger partial charge in [-0.2, -0.15) is 0 Å². The van der Waals surface area contributed by atoms with Crippen molar-refractivity contribution in [1.29, 1.82) is 0 Å². The lowest BCUT2D eigenvalue weighted by atomic mass is 9.67. The highest BCUT2D eigenvalue weighted by Crippen LogP contribution is 2.41. The highest BCUT2D eigenvalue weighted by Gasteiger charge is 2.48. The number of allylic oxidation sites excluding steroid dienone is 2. The maximum Gasteiger partial charge on any atom is 0.314 e. The number of aliphatic carboxylic acids is 1. The molecule has 0 radical (unpaired) electrons. The normalized spacial score (nSPS) is 21.7. The number of Topliss-reactive ketones (excluding diaryl/α,β-unsaturated/α-hetero) is 1. The predicted molar refractivity (Wildman–Crippen MR) is 82.7 cm³/mol. The molecule has 0 saturated heterocycles. The van der Waals surface area contributed by atoms with E-state index in [0.29, 0.717) is 12.8 Å². The van der Waals surface area contributed by atoms with E-state index in [1.807, 2.05) is 6.92 Å². The van der Waals surface area contributed by atoms with E-state index in [9.17, 15) is 19.8 Å². The third-order valence-corrected chi connectivity index (χ3v) is 3.59. The van der Waals surface area contributed by atoms with Gasteiger partial charge in [0.05, 0.1) is 11.3 Å². The summed E-state index contributed by atoms with van der Waals surface area (Å²) in [5, 5.41) is 23.5. The van der Waals surface area contributed by atoms with Gasteiger partial charge in [-0.1, -0.05) is 45.0 Å². The van der Waals surface area contributed by atoms with E-state index < -0.39 is 23.1 Å². The molecule has 0 heterocycles. The van der Waals surface area contributed by atoms with Gasteiger partial charge in [-0.3, -0.25) is 9.59 Å². The van der Waals surface area contributed by atoms with Crippen LogP contribution in [0.2, 0.25) is 0 Å². The van der Waals surface area contributed by atoms with Crippen LogP contribution < -0.4 is 0 Å². The van der Waals surface area contributed by atoms with Crippen molar-refractivity contribution in [2.75, 3.05) is 6.61 Å². The largest absolute Gasteiger partial charge is 0.511 e. The number of aliphatic hydroxyl groups excluding tert-OH is 1. The van der Waals surface area contributed by atoms with E-state index in [4.69, 9.17) is 4.84 Å². The SMILES string of the molecule is C=CCO/N=C(/CCC)C1=C(O)CC(C)(C)C(C(=O)O)C1=O. The minimum atomic E-state index is -1.21. The molecule has 1 aliphatic rings. The Kier molecular flexibility index (Phi) is 5.91. The third-order valence-electron chi connectivity index (χ3n) is 3.59. The molecular formula is C16H23NO5. The standard InChI is InChI=1S/C16H23NO5/c1-5-7-10(17-22-8-6-2)12-11(18)9-16(3,4)13(14(12)19)15(20)21/h6,13,18H,2,5,7-9H2,1,3-4H3,(H,20,21)/b17-10-. The molecule has 1 unspecified atom stereocenters. The van der Waals surface area contributed by atoms with Gasteiger partial charge in [-0.25, -0.2) is 0 Å². The van der Waals surface area contributed by atoms with Crippen molar-refractivity contribution in [1.82, 2.24) is 0 Å². The van der Waals surface area contributed by atoms with Crippen molar-refractivity contribution in [2.24, 2.45) is 16.5 Å². The monoisotopic (exact) mass is 309 g/mol. The Hall–Kier alpha value is -2.11. The second-order valence-electron chi connectivity index (χ2n) is 5.99. The molecule has 0 bridgehead atoms. The van der Waals surface area contributed by atoms with Crippen molar-refractivity contribution in [3.05, 3.63) is 24.0 Å². The molecule has 1 rings (SSSR count). The highest BCUT2D eigenvalue weighted by atomic mass is 16.6. The molecule has 2 N–H and O–H groups in total. The quantitative estimate of drug-likeness (QED) is 0.248. The molecule has 1 atom stereocenters. The maximum absolute atomic E-state index is 12.6. The van der Waals surface area contributed by atoms with E-state index in [1.54, 1.807) is 13.8 Å². The van der Waals surface area contributed by atoms with E-state index >= 15 is 0 Å². The number of carboxylic acid groups (broad SMARTS) is 1. The van der Waals surface area contributed by atoms with Gasteiger partial charge in [0.15, 0.2) is 5.78 Å². The lowest BCUT2D eigenvalue weighted by molar-refractivity contribution is -0.150. The second kappa shape index (κ2) is 7.24. The summed E-state index contributed by atoms with van der Waals surface area (Å²) in [6, 6.07) is 0. The molecule has 22 heavy (non-hydrogen) atoms. The van der Waals surface area contributed by atoms with Gasteiger partial charge < -0.3 is 15.1 Å². The zero-order valence-electron chi connectivity index (χ0n) is 13.3. The van der Waals surface area contributed by atoms with Crippen LogP contribution in [0.1, 0.15) is 40.0 Å². The lowest BCUT2D eigenvalue weighted by Crippen LogP contribution is -2.43. The number of hydrogen-bond acceptors (Lipinski definition) is 5. The van der Waals surface area contributed by atoms with E-state index in [0.717, 1.165) is 0 Å². The lowest BCUT2D eigenvalue weighted by Gasteiger charge is -2.35. The van der Waals surface area contributed by atoms with Gasteiger partial charge in [-0.15, -0.1) is 0 Å². The van der Waals surface area contributed by atoms with Crippen molar-refractivity contribution >= 4 is 17.5 Å². The number of carbonyl (C=O) groups is 2. The van der Waals surface area contributed by atoms with Gasteiger partial charge in [-0.05, 0) is 11.8 Å². The summed E-state index contributed by atoms with van der Waals surface area (Å²) in [6.45, 7) is 8.87.